The molecule has 0 spiro atoms. The number of carbonyl (C=O) groups excluding carboxylic acids is 1. The first-order valence-corrected chi connectivity index (χ1v) is 8.56. The van der Waals surface area contributed by atoms with Crippen LogP contribution in [0.1, 0.15) is 44.5 Å². The van der Waals surface area contributed by atoms with E-state index in [9.17, 15) is 4.79 Å². The highest BCUT2D eigenvalue weighted by Crippen LogP contribution is 2.28. The van der Waals surface area contributed by atoms with E-state index in [-0.39, 0.29) is 5.91 Å². The van der Waals surface area contributed by atoms with Crippen molar-refractivity contribution >= 4 is 5.91 Å². The van der Waals surface area contributed by atoms with Crippen LogP contribution in [0.5, 0.6) is 11.5 Å². The van der Waals surface area contributed by atoms with Gasteiger partial charge in [0.15, 0.2) is 11.5 Å². The number of hydrogen-bond acceptors (Lipinski definition) is 4. The van der Waals surface area contributed by atoms with E-state index in [4.69, 9.17) is 9.47 Å². The molecule has 130 valence electrons. The molecular weight excluding hydrogens is 292 g/mol. The molecule has 0 atom stereocenters. The number of nitrogens with one attached hydrogen (secondary N) is 1. The molecule has 0 aliphatic carbocycles. The molecule has 1 aromatic rings. The van der Waals surface area contributed by atoms with E-state index in [1.807, 2.05) is 13.8 Å². The molecule has 0 fully saturated rings. The third-order valence-corrected chi connectivity index (χ3v) is 3.64. The molecule has 0 aromatic heterocycles. The Labute approximate surface area is 140 Å². The topological polar surface area (TPSA) is 50.8 Å². The highest BCUT2D eigenvalue weighted by Gasteiger charge is 2.11. The van der Waals surface area contributed by atoms with Crippen LogP contribution in [0.15, 0.2) is 18.2 Å². The van der Waals surface area contributed by atoms with E-state index in [0.29, 0.717) is 36.8 Å². The van der Waals surface area contributed by atoms with Crippen LogP contribution >= 0.6 is 0 Å². The molecule has 0 aliphatic heterocycles. The Morgan fingerprint density at radius 3 is 2.30 bits per heavy atom. The molecule has 0 saturated carbocycles. The van der Waals surface area contributed by atoms with Crippen LogP contribution in [0.3, 0.4) is 0 Å². The van der Waals surface area contributed by atoms with Gasteiger partial charge in [0.05, 0.1) is 13.2 Å². The van der Waals surface area contributed by atoms with Crippen LogP contribution in [-0.4, -0.2) is 50.2 Å². The molecule has 1 N–H and O–H groups in total. The fourth-order valence-corrected chi connectivity index (χ4v) is 2.34. The second kappa shape index (κ2) is 10.9. The molecule has 0 saturated heterocycles. The number of rotatable bonds is 11. The molecule has 1 aromatic carbocycles. The summed E-state index contributed by atoms with van der Waals surface area (Å²) >= 11 is 0. The summed E-state index contributed by atoms with van der Waals surface area (Å²) in [7, 11) is 0. The summed E-state index contributed by atoms with van der Waals surface area (Å²) < 4.78 is 11.1. The lowest BCUT2D eigenvalue weighted by molar-refractivity contribution is 0.0951. The summed E-state index contributed by atoms with van der Waals surface area (Å²) in [5.41, 5.74) is 0.597. The van der Waals surface area contributed by atoms with Crippen molar-refractivity contribution in [1.29, 1.82) is 0 Å². The second-order valence-electron chi connectivity index (χ2n) is 5.16. The fraction of sp³-hybridized carbons (Fsp3) is 0.611. The van der Waals surface area contributed by atoms with E-state index in [1.54, 1.807) is 18.2 Å². The monoisotopic (exact) mass is 322 g/mol. The Kier molecular flexibility index (Phi) is 9.14. The summed E-state index contributed by atoms with van der Waals surface area (Å²) in [6.07, 6.45) is 0.947. The van der Waals surface area contributed by atoms with Gasteiger partial charge >= 0.3 is 0 Å². The number of carbonyl (C=O) groups is 1. The highest BCUT2D eigenvalue weighted by atomic mass is 16.5. The van der Waals surface area contributed by atoms with Crippen LogP contribution in [0.2, 0.25) is 0 Å². The number of ether oxygens (including phenoxy) is 2. The Bertz CT molecular complexity index is 473. The van der Waals surface area contributed by atoms with E-state index < -0.39 is 0 Å². The maximum Gasteiger partial charge on any atom is 0.251 e. The molecule has 0 aliphatic rings. The first kappa shape index (κ1) is 19.3. The number of benzene rings is 1. The quantitative estimate of drug-likeness (QED) is 0.636. The third-order valence-electron chi connectivity index (χ3n) is 3.64. The first-order chi connectivity index (χ1) is 11.2. The first-order valence-electron chi connectivity index (χ1n) is 8.56. The van der Waals surface area contributed by atoms with Crippen molar-refractivity contribution in [3.8, 4) is 11.5 Å². The van der Waals surface area contributed by atoms with Crippen molar-refractivity contribution in [3.63, 3.8) is 0 Å². The smallest absolute Gasteiger partial charge is 0.251 e. The molecule has 1 rings (SSSR count). The molecule has 0 unspecified atom stereocenters. The number of amides is 1. The van der Waals surface area contributed by atoms with Crippen molar-refractivity contribution in [3.05, 3.63) is 23.8 Å². The van der Waals surface area contributed by atoms with Crippen molar-refractivity contribution in [1.82, 2.24) is 10.2 Å². The molecular formula is C18H30N2O3. The van der Waals surface area contributed by atoms with Gasteiger partial charge in [0.25, 0.3) is 5.91 Å². The zero-order valence-corrected chi connectivity index (χ0v) is 14.9. The maximum absolute atomic E-state index is 12.2. The summed E-state index contributed by atoms with van der Waals surface area (Å²) in [4.78, 5) is 14.6. The average molecular weight is 322 g/mol. The van der Waals surface area contributed by atoms with E-state index in [0.717, 1.165) is 26.1 Å². The minimum absolute atomic E-state index is 0.0754. The molecule has 0 bridgehead atoms. The summed E-state index contributed by atoms with van der Waals surface area (Å²) in [6.45, 7) is 13.0. The largest absolute Gasteiger partial charge is 0.490 e. The van der Waals surface area contributed by atoms with Gasteiger partial charge in [-0.3, -0.25) is 4.79 Å². The van der Waals surface area contributed by atoms with Gasteiger partial charge in [-0.1, -0.05) is 13.8 Å². The van der Waals surface area contributed by atoms with Gasteiger partial charge in [0.1, 0.15) is 0 Å². The molecule has 0 radical (unpaired) electrons. The van der Waals surface area contributed by atoms with Crippen LogP contribution in [0.25, 0.3) is 0 Å². The van der Waals surface area contributed by atoms with Gasteiger partial charge in [-0.15, -0.1) is 0 Å². The normalized spacial score (nSPS) is 10.7. The van der Waals surface area contributed by atoms with Gasteiger partial charge in [0.2, 0.25) is 0 Å². The Morgan fingerprint density at radius 1 is 1.04 bits per heavy atom. The van der Waals surface area contributed by atoms with Crippen molar-refractivity contribution in [2.75, 3.05) is 39.4 Å². The lowest BCUT2D eigenvalue weighted by Gasteiger charge is -2.17. The van der Waals surface area contributed by atoms with Crippen molar-refractivity contribution in [2.24, 2.45) is 0 Å². The second-order valence-corrected chi connectivity index (χ2v) is 5.16. The van der Waals surface area contributed by atoms with Gasteiger partial charge in [-0.25, -0.2) is 0 Å². The number of hydrogen-bond donors (Lipinski definition) is 1. The fourth-order valence-electron chi connectivity index (χ4n) is 2.34. The molecule has 1 amide bonds. The van der Waals surface area contributed by atoms with Crippen molar-refractivity contribution < 1.29 is 14.3 Å². The van der Waals surface area contributed by atoms with E-state index in [2.05, 4.69) is 24.1 Å². The maximum atomic E-state index is 12.2. The van der Waals surface area contributed by atoms with Gasteiger partial charge in [-0.05, 0) is 58.1 Å². The predicted molar refractivity (Wildman–Crippen MR) is 93.5 cm³/mol. The molecule has 5 nitrogen and oxygen atoms in total. The van der Waals surface area contributed by atoms with Gasteiger partial charge in [0, 0.05) is 12.1 Å². The summed E-state index contributed by atoms with van der Waals surface area (Å²) in [6, 6.07) is 5.31. The third kappa shape index (κ3) is 6.48. The Balaban J connectivity index is 2.57. The summed E-state index contributed by atoms with van der Waals surface area (Å²) in [5.74, 6) is 1.21. The van der Waals surface area contributed by atoms with E-state index >= 15 is 0 Å². The standard InChI is InChI=1S/C18H30N2O3/c1-5-20(6-2)13-9-12-19-18(21)15-10-11-16(22-7-3)17(14-15)23-8-4/h10-11,14H,5-9,12-13H2,1-4H3,(H,19,21). The van der Waals surface area contributed by atoms with Gasteiger partial charge < -0.3 is 19.7 Å². The van der Waals surface area contributed by atoms with Gasteiger partial charge in [-0.2, -0.15) is 0 Å². The lowest BCUT2D eigenvalue weighted by atomic mass is 10.2. The predicted octanol–water partition coefficient (Wildman–Crippen LogP) is 2.95. The lowest BCUT2D eigenvalue weighted by Crippen LogP contribution is -2.29. The highest BCUT2D eigenvalue weighted by molar-refractivity contribution is 5.94. The zero-order valence-electron chi connectivity index (χ0n) is 14.9. The summed E-state index contributed by atoms with van der Waals surface area (Å²) in [5, 5.41) is 2.96. The minimum atomic E-state index is -0.0754. The number of nitrogens with zero attached hydrogens (tertiary/aromatic N) is 1. The van der Waals surface area contributed by atoms with Crippen LogP contribution in [0, 0.1) is 0 Å². The van der Waals surface area contributed by atoms with E-state index in [1.165, 1.54) is 0 Å². The zero-order chi connectivity index (χ0) is 17.1. The average Bonchev–Trinajstić information content (AvgIpc) is 2.57. The Hall–Kier alpha value is -1.75. The van der Waals surface area contributed by atoms with Crippen LogP contribution < -0.4 is 14.8 Å². The SMILES string of the molecule is CCOc1ccc(C(=O)NCCCN(CC)CC)cc1OCC. The van der Waals surface area contributed by atoms with Crippen LogP contribution in [0.4, 0.5) is 0 Å². The van der Waals surface area contributed by atoms with Crippen LogP contribution in [-0.2, 0) is 0 Å². The van der Waals surface area contributed by atoms with Crippen molar-refractivity contribution in [2.45, 2.75) is 34.1 Å². The molecule has 5 heteroatoms. The minimum Gasteiger partial charge on any atom is -0.490 e. The molecule has 0 heterocycles. The molecule has 23 heavy (non-hydrogen) atoms. The Morgan fingerprint density at radius 2 is 1.70 bits per heavy atom.